The lowest BCUT2D eigenvalue weighted by Gasteiger charge is -2.45. The summed E-state index contributed by atoms with van der Waals surface area (Å²) in [5, 5.41) is 0. The Morgan fingerprint density at radius 1 is 0.358 bits per heavy atom. The van der Waals surface area contributed by atoms with Crippen LogP contribution in [0.1, 0.15) is 55.5 Å². The molecule has 0 fully saturated rings. The summed E-state index contributed by atoms with van der Waals surface area (Å²) in [6, 6.07) is 85.0. The first-order chi connectivity index (χ1) is 39.6. The molecule has 0 saturated carbocycles. The van der Waals surface area contributed by atoms with Crippen LogP contribution >= 0.6 is 47.0 Å². The van der Waals surface area contributed by atoms with Crippen LogP contribution in [0.15, 0.2) is 264 Å². The van der Waals surface area contributed by atoms with Crippen LogP contribution < -0.4 is 42.6 Å². The van der Waals surface area contributed by atoms with Crippen molar-refractivity contribution in [1.29, 1.82) is 0 Å². The number of fused-ring (bicyclic) bond motifs is 16. The lowest BCUT2D eigenvalue weighted by atomic mass is 9.30. The average molecular weight is 1110 g/mol. The van der Waals surface area contributed by atoms with Gasteiger partial charge in [-0.15, -0.1) is 0 Å². The molecule has 6 aliphatic rings. The highest BCUT2D eigenvalue weighted by molar-refractivity contribution is 8.01. The summed E-state index contributed by atoms with van der Waals surface area (Å²) in [5.41, 5.74) is 27.9. The molecule has 0 bridgehead atoms. The zero-order chi connectivity index (χ0) is 54.0. The van der Waals surface area contributed by atoms with E-state index in [0.717, 1.165) is 0 Å². The molecule has 384 valence electrons. The van der Waals surface area contributed by atoms with Gasteiger partial charge in [-0.3, -0.25) is 0 Å². The van der Waals surface area contributed by atoms with Crippen molar-refractivity contribution in [3.8, 4) is 22.3 Å². The molecule has 2 aliphatic carbocycles. The van der Waals surface area contributed by atoms with E-state index in [-0.39, 0.29) is 24.3 Å². The van der Waals surface area contributed by atoms with E-state index in [4.69, 9.17) is 0 Å². The maximum absolute atomic E-state index is 2.63. The van der Waals surface area contributed by atoms with E-state index in [1.54, 1.807) is 0 Å². The molecular formula is C73H52B2N2S4. The van der Waals surface area contributed by atoms with Gasteiger partial charge in [0.2, 0.25) is 13.4 Å². The van der Waals surface area contributed by atoms with Gasteiger partial charge in [0.25, 0.3) is 0 Å². The molecule has 81 heavy (non-hydrogen) atoms. The van der Waals surface area contributed by atoms with Crippen molar-refractivity contribution in [3.05, 3.63) is 252 Å². The molecule has 8 heteroatoms. The van der Waals surface area contributed by atoms with Crippen molar-refractivity contribution in [2.75, 3.05) is 9.80 Å². The first-order valence-corrected chi connectivity index (χ1v) is 31.5. The van der Waals surface area contributed by atoms with Gasteiger partial charge < -0.3 is 9.80 Å². The molecule has 0 atom stereocenters. The summed E-state index contributed by atoms with van der Waals surface area (Å²) in [5.74, 6) is 0. The first kappa shape index (κ1) is 48.3. The highest BCUT2D eigenvalue weighted by Crippen LogP contribution is 2.60. The predicted molar refractivity (Wildman–Crippen MR) is 347 cm³/mol. The van der Waals surface area contributed by atoms with Crippen LogP contribution in [0.4, 0.5) is 34.1 Å². The Labute approximate surface area is 492 Å². The molecular weight excluding hydrogens is 1050 g/mol. The van der Waals surface area contributed by atoms with E-state index in [0.29, 0.717) is 0 Å². The van der Waals surface area contributed by atoms with Gasteiger partial charge in [-0.05, 0) is 176 Å². The smallest absolute Gasteiger partial charge is 0.249 e. The maximum Gasteiger partial charge on any atom is 0.249 e. The molecule has 0 aromatic heterocycles. The van der Waals surface area contributed by atoms with Crippen LogP contribution in [0.3, 0.4) is 0 Å². The third-order valence-corrected chi connectivity index (χ3v) is 22.6. The Morgan fingerprint density at radius 3 is 1.15 bits per heavy atom. The van der Waals surface area contributed by atoms with E-state index in [9.17, 15) is 0 Å². The van der Waals surface area contributed by atoms with E-state index >= 15 is 0 Å². The minimum Gasteiger partial charge on any atom is -0.311 e. The first-order valence-electron chi connectivity index (χ1n) is 28.2. The Kier molecular flexibility index (Phi) is 10.6. The molecule has 2 nitrogen and oxygen atoms in total. The second kappa shape index (κ2) is 17.8. The van der Waals surface area contributed by atoms with Crippen molar-refractivity contribution in [3.63, 3.8) is 0 Å². The Hall–Kier alpha value is -7.45. The number of nitrogens with zero attached hydrogens (tertiary/aromatic N) is 2. The fourth-order valence-corrected chi connectivity index (χ4v) is 19.4. The van der Waals surface area contributed by atoms with Crippen LogP contribution in [0, 0.1) is 6.92 Å². The van der Waals surface area contributed by atoms with E-state index in [1.165, 1.54) is 156 Å². The van der Waals surface area contributed by atoms with Crippen LogP contribution in [0.2, 0.25) is 0 Å². The summed E-state index contributed by atoms with van der Waals surface area (Å²) >= 11 is 7.71. The van der Waals surface area contributed by atoms with Crippen LogP contribution in [-0.2, 0) is 10.8 Å². The summed E-state index contributed by atoms with van der Waals surface area (Å²) in [6.45, 7) is 12.4. The second-order valence-electron chi connectivity index (χ2n) is 23.5. The quantitative estimate of drug-likeness (QED) is 0.152. The van der Waals surface area contributed by atoms with Gasteiger partial charge in [0.05, 0.1) is 0 Å². The fraction of sp³-hybridized carbons (Fsp3) is 0.0959. The number of benzene rings is 11. The molecule has 11 aromatic rings. The van der Waals surface area contributed by atoms with Crippen molar-refractivity contribution in [2.45, 2.75) is 84.6 Å². The lowest BCUT2D eigenvalue weighted by molar-refractivity contribution is 0.659. The number of anilines is 6. The Balaban J connectivity index is 0.898. The monoisotopic (exact) mass is 1110 g/mol. The number of hydrogen-bond acceptors (Lipinski definition) is 6. The van der Waals surface area contributed by atoms with Crippen molar-refractivity contribution in [2.24, 2.45) is 0 Å². The number of rotatable bonds is 6. The number of hydrogen-bond donors (Lipinski definition) is 0. The van der Waals surface area contributed by atoms with Crippen molar-refractivity contribution in [1.82, 2.24) is 0 Å². The fourth-order valence-electron chi connectivity index (χ4n) is 15.0. The molecule has 11 aromatic carbocycles. The van der Waals surface area contributed by atoms with Crippen molar-refractivity contribution < 1.29 is 0 Å². The second-order valence-corrected chi connectivity index (χ2v) is 27.9. The van der Waals surface area contributed by atoms with Gasteiger partial charge in [-0.25, -0.2) is 0 Å². The highest BCUT2D eigenvalue weighted by atomic mass is 32.2. The zero-order valence-electron chi connectivity index (χ0n) is 45.5. The van der Waals surface area contributed by atoms with Crippen LogP contribution in [0.25, 0.3) is 22.3 Å². The summed E-state index contributed by atoms with van der Waals surface area (Å²) in [4.78, 5) is 15.8. The van der Waals surface area contributed by atoms with E-state index in [1.807, 2.05) is 47.0 Å². The Morgan fingerprint density at radius 2 is 0.728 bits per heavy atom. The molecule has 17 rings (SSSR count). The highest BCUT2D eigenvalue weighted by Gasteiger charge is 2.52. The largest absolute Gasteiger partial charge is 0.311 e. The molecule has 0 spiro atoms. The van der Waals surface area contributed by atoms with Crippen molar-refractivity contribution >= 4 is 127 Å². The summed E-state index contributed by atoms with van der Waals surface area (Å²) in [6.07, 6.45) is 0. The molecule has 0 unspecified atom stereocenters. The van der Waals surface area contributed by atoms with Crippen LogP contribution in [0.5, 0.6) is 0 Å². The molecule has 0 N–H and O–H groups in total. The molecule has 0 radical (unpaired) electrons. The molecule has 4 heterocycles. The van der Waals surface area contributed by atoms with Gasteiger partial charge in [-0.2, -0.15) is 0 Å². The maximum atomic E-state index is 2.63. The SMILES string of the molecule is Cc1c2c(cc3c1B1c4ccccc4N(c4ccccc4)c4c1c(cc1c4C(C)(C)c4cc(Sc5ccccc5)ccc4-1)S3)Sc1cc3c(c4c1B2c1ccccc1N4c1ccccc1)C(C)(C)c1cc(Sc2ccccc2)ccc1-3. The zero-order valence-corrected chi connectivity index (χ0v) is 48.8. The third kappa shape index (κ3) is 6.91. The molecule has 0 saturated heterocycles. The minimum atomic E-state index is -0.287. The van der Waals surface area contributed by atoms with E-state index in [2.05, 4.69) is 269 Å². The molecule has 4 aliphatic heterocycles. The van der Waals surface area contributed by atoms with Crippen LogP contribution in [-0.4, -0.2) is 13.4 Å². The van der Waals surface area contributed by atoms with Gasteiger partial charge in [-0.1, -0.05) is 213 Å². The average Bonchev–Trinajstić information content (AvgIpc) is 2.13. The minimum absolute atomic E-state index is 0.0173. The predicted octanol–water partition coefficient (Wildman–Crippen LogP) is 16.4. The molecule has 0 amide bonds. The van der Waals surface area contributed by atoms with Gasteiger partial charge in [0, 0.05) is 84.1 Å². The van der Waals surface area contributed by atoms with Gasteiger partial charge in [0.15, 0.2) is 0 Å². The topological polar surface area (TPSA) is 6.48 Å². The Bertz CT molecular complexity index is 4220. The van der Waals surface area contributed by atoms with Gasteiger partial charge >= 0.3 is 0 Å². The van der Waals surface area contributed by atoms with Gasteiger partial charge in [0.1, 0.15) is 0 Å². The summed E-state index contributed by atoms with van der Waals surface area (Å²) < 4.78 is 0. The number of para-hydroxylation sites is 4. The lowest BCUT2D eigenvalue weighted by Crippen LogP contribution is -2.65. The summed E-state index contributed by atoms with van der Waals surface area (Å²) in [7, 11) is 0. The van der Waals surface area contributed by atoms with E-state index < -0.39 is 0 Å². The normalized spacial score (nSPS) is 15.3. The standard InChI is InChI=1S/C73H52B2N2S4/c1-43-66-62(80-60-40-52-50-36-34-48(78-46-26-14-8-15-27-46)38-54(50)72(2,3)64(52)70-68(60)74(66)56-30-18-20-32-58(56)76(70)44-22-10-6-11-23-44)42-63-67(43)75-57-31-19-21-33-59(57)77(45-24-12-7-13-25-45)71-65-53(41-61(81-63)69(71)75)51-37-35-49(39-55(51)73(65,4)5)79-47-28-16-9-17-29-47/h6-42H,1-5H3. The third-order valence-electron chi connectivity index (χ3n) is 18.4.